The van der Waals surface area contributed by atoms with Gasteiger partial charge in [0, 0.05) is 12.1 Å². The van der Waals surface area contributed by atoms with Crippen molar-refractivity contribution in [2.45, 2.75) is 12.3 Å². The minimum atomic E-state index is -0.802. The number of amides is 1. The molecule has 1 aliphatic rings. The van der Waals surface area contributed by atoms with E-state index in [1.807, 2.05) is 24.3 Å². The Morgan fingerprint density at radius 2 is 1.95 bits per heavy atom. The molecule has 5 heteroatoms. The number of carbonyl (C=O) groups is 1. The molecule has 22 heavy (non-hydrogen) atoms. The number of hydrogen-bond donors (Lipinski definition) is 2. The van der Waals surface area contributed by atoms with Crippen LogP contribution in [-0.4, -0.2) is 19.0 Å². The molecule has 2 aromatic rings. The van der Waals surface area contributed by atoms with Crippen molar-refractivity contribution in [2.24, 2.45) is 5.73 Å². The molecule has 0 aliphatic carbocycles. The number of carbonyl (C=O) groups excluding carboxylic acids is 1. The van der Waals surface area contributed by atoms with E-state index in [1.54, 1.807) is 0 Å². The fourth-order valence-corrected chi connectivity index (χ4v) is 3.12. The molecular formula is C17H16ClFN2O. The zero-order valence-corrected chi connectivity index (χ0v) is 12.7. The molecule has 0 bridgehead atoms. The number of hydrogen-bond acceptors (Lipinski definition) is 2. The van der Waals surface area contributed by atoms with E-state index in [2.05, 4.69) is 5.32 Å². The third-order valence-electron chi connectivity index (χ3n) is 4.09. The predicted molar refractivity (Wildman–Crippen MR) is 85.6 cm³/mol. The van der Waals surface area contributed by atoms with Crippen molar-refractivity contribution in [2.75, 3.05) is 13.1 Å². The molecule has 1 unspecified atom stereocenters. The molecule has 3 nitrogen and oxygen atoms in total. The summed E-state index contributed by atoms with van der Waals surface area (Å²) in [4.78, 5) is 11.3. The third kappa shape index (κ3) is 2.72. The van der Waals surface area contributed by atoms with Crippen LogP contribution in [0, 0.1) is 5.82 Å². The number of halogens is 2. The van der Waals surface area contributed by atoms with Crippen molar-refractivity contribution in [1.29, 1.82) is 0 Å². The minimum Gasteiger partial charge on any atom is -0.366 e. The van der Waals surface area contributed by atoms with Gasteiger partial charge >= 0.3 is 0 Å². The van der Waals surface area contributed by atoms with Crippen LogP contribution in [0.1, 0.15) is 28.3 Å². The van der Waals surface area contributed by atoms with Gasteiger partial charge in [-0.3, -0.25) is 4.79 Å². The van der Waals surface area contributed by atoms with E-state index >= 15 is 0 Å². The lowest BCUT2D eigenvalue weighted by Crippen LogP contribution is -2.13. The molecule has 1 saturated heterocycles. The summed E-state index contributed by atoms with van der Waals surface area (Å²) < 4.78 is 14.5. The van der Waals surface area contributed by atoms with E-state index in [-0.39, 0.29) is 16.1 Å². The van der Waals surface area contributed by atoms with Gasteiger partial charge in [-0.15, -0.1) is 0 Å². The molecule has 0 spiro atoms. The predicted octanol–water partition coefficient (Wildman–Crippen LogP) is 3.32. The Labute approximate surface area is 133 Å². The second-order valence-electron chi connectivity index (χ2n) is 5.46. The standard InChI is InChI=1S/C17H16ClFN2O/c18-14-6-5-13(17(20)22)16(19)15(14)11-3-1-10(2-4-11)12-7-8-21-9-12/h1-6,12,21H,7-9H2,(H2,20,22). The van der Waals surface area contributed by atoms with E-state index in [4.69, 9.17) is 17.3 Å². The van der Waals surface area contributed by atoms with Crippen LogP contribution in [-0.2, 0) is 0 Å². The van der Waals surface area contributed by atoms with Crippen LogP contribution < -0.4 is 11.1 Å². The van der Waals surface area contributed by atoms with Gasteiger partial charge in [0.15, 0.2) is 0 Å². The molecule has 0 saturated carbocycles. The zero-order valence-electron chi connectivity index (χ0n) is 11.9. The summed E-state index contributed by atoms with van der Waals surface area (Å²) in [5.74, 6) is -0.981. The van der Waals surface area contributed by atoms with Crippen molar-refractivity contribution in [3.63, 3.8) is 0 Å². The number of nitrogens with one attached hydrogen (secondary N) is 1. The fourth-order valence-electron chi connectivity index (χ4n) is 2.87. The largest absolute Gasteiger partial charge is 0.366 e. The molecule has 1 fully saturated rings. The van der Waals surface area contributed by atoms with Gasteiger partial charge in [-0.2, -0.15) is 0 Å². The zero-order chi connectivity index (χ0) is 15.7. The first-order valence-corrected chi connectivity index (χ1v) is 7.54. The summed E-state index contributed by atoms with van der Waals surface area (Å²) in [6, 6.07) is 10.4. The van der Waals surface area contributed by atoms with Crippen LogP contribution in [0.4, 0.5) is 4.39 Å². The maximum atomic E-state index is 14.5. The summed E-state index contributed by atoms with van der Waals surface area (Å²) in [6.45, 7) is 1.99. The minimum absolute atomic E-state index is 0.150. The first-order chi connectivity index (χ1) is 10.6. The SMILES string of the molecule is NC(=O)c1ccc(Cl)c(-c2ccc(C3CCNC3)cc2)c1F. The Hall–Kier alpha value is -1.91. The van der Waals surface area contributed by atoms with Gasteiger partial charge in [0.2, 0.25) is 0 Å². The molecule has 2 aromatic carbocycles. The van der Waals surface area contributed by atoms with Crippen molar-refractivity contribution in [3.8, 4) is 11.1 Å². The molecule has 114 valence electrons. The topological polar surface area (TPSA) is 55.1 Å². The van der Waals surface area contributed by atoms with Crippen LogP contribution in [0.2, 0.25) is 5.02 Å². The second-order valence-corrected chi connectivity index (χ2v) is 5.87. The fraction of sp³-hybridized carbons (Fsp3) is 0.235. The van der Waals surface area contributed by atoms with Gasteiger partial charge in [0.25, 0.3) is 5.91 Å². The summed E-state index contributed by atoms with van der Waals surface area (Å²) in [5.41, 5.74) is 7.11. The van der Waals surface area contributed by atoms with Crippen LogP contribution in [0.15, 0.2) is 36.4 Å². The Balaban J connectivity index is 2.00. The molecular weight excluding hydrogens is 303 g/mol. The monoisotopic (exact) mass is 318 g/mol. The maximum absolute atomic E-state index is 14.5. The Morgan fingerprint density at radius 1 is 1.23 bits per heavy atom. The molecule has 0 aromatic heterocycles. The maximum Gasteiger partial charge on any atom is 0.251 e. The summed E-state index contributed by atoms with van der Waals surface area (Å²) in [6.07, 6.45) is 1.10. The molecule has 1 atom stereocenters. The number of primary amides is 1. The van der Waals surface area contributed by atoms with Gasteiger partial charge in [0.05, 0.1) is 10.6 Å². The van der Waals surface area contributed by atoms with Crippen LogP contribution in [0.5, 0.6) is 0 Å². The van der Waals surface area contributed by atoms with Crippen LogP contribution >= 0.6 is 11.6 Å². The molecule has 1 amide bonds. The molecule has 1 aliphatic heterocycles. The Bertz CT molecular complexity index is 709. The Morgan fingerprint density at radius 3 is 2.55 bits per heavy atom. The van der Waals surface area contributed by atoms with Gasteiger partial charge in [0.1, 0.15) is 5.82 Å². The number of rotatable bonds is 3. The summed E-state index contributed by atoms with van der Waals surface area (Å²) >= 11 is 6.11. The lowest BCUT2D eigenvalue weighted by atomic mass is 9.95. The first kappa shape index (κ1) is 15.0. The van der Waals surface area contributed by atoms with Gasteiger partial charge in [-0.05, 0) is 42.1 Å². The van der Waals surface area contributed by atoms with Gasteiger partial charge in [-0.25, -0.2) is 4.39 Å². The van der Waals surface area contributed by atoms with Gasteiger partial charge < -0.3 is 11.1 Å². The smallest absolute Gasteiger partial charge is 0.251 e. The highest BCUT2D eigenvalue weighted by Gasteiger charge is 2.19. The van der Waals surface area contributed by atoms with Crippen molar-refractivity contribution in [3.05, 3.63) is 58.4 Å². The van der Waals surface area contributed by atoms with Crippen molar-refractivity contribution in [1.82, 2.24) is 5.32 Å². The van der Waals surface area contributed by atoms with Crippen molar-refractivity contribution >= 4 is 17.5 Å². The molecule has 0 radical (unpaired) electrons. The van der Waals surface area contributed by atoms with Crippen LogP contribution in [0.25, 0.3) is 11.1 Å². The van der Waals surface area contributed by atoms with Crippen LogP contribution in [0.3, 0.4) is 0 Å². The second kappa shape index (κ2) is 6.07. The lowest BCUT2D eigenvalue weighted by molar-refractivity contribution is 0.0996. The number of nitrogens with two attached hydrogens (primary N) is 1. The normalized spacial score (nSPS) is 17.6. The third-order valence-corrected chi connectivity index (χ3v) is 4.40. The first-order valence-electron chi connectivity index (χ1n) is 7.17. The highest BCUT2D eigenvalue weighted by atomic mass is 35.5. The van der Waals surface area contributed by atoms with E-state index in [1.165, 1.54) is 17.7 Å². The average Bonchev–Trinajstić information content (AvgIpc) is 3.02. The molecule has 3 N–H and O–H groups in total. The molecule has 3 rings (SSSR count). The van der Waals surface area contributed by atoms with Crippen molar-refractivity contribution < 1.29 is 9.18 Å². The lowest BCUT2D eigenvalue weighted by Gasteiger charge is -2.12. The summed E-state index contributed by atoms with van der Waals surface area (Å²) in [7, 11) is 0. The quantitative estimate of drug-likeness (QED) is 0.912. The van der Waals surface area contributed by atoms with E-state index < -0.39 is 11.7 Å². The Kier molecular flexibility index (Phi) is 4.14. The average molecular weight is 319 g/mol. The van der Waals surface area contributed by atoms with E-state index in [9.17, 15) is 9.18 Å². The van der Waals surface area contributed by atoms with E-state index in [0.717, 1.165) is 19.5 Å². The van der Waals surface area contributed by atoms with E-state index in [0.29, 0.717) is 11.5 Å². The van der Waals surface area contributed by atoms with Gasteiger partial charge in [-0.1, -0.05) is 35.9 Å². The highest BCUT2D eigenvalue weighted by Crippen LogP contribution is 2.33. The molecule has 1 heterocycles. The summed E-state index contributed by atoms with van der Waals surface area (Å²) in [5, 5.41) is 3.58. The number of benzene rings is 2. The highest BCUT2D eigenvalue weighted by molar-refractivity contribution is 6.33.